The second-order valence-corrected chi connectivity index (χ2v) is 6.49. The highest BCUT2D eigenvalue weighted by molar-refractivity contribution is 7.16. The van der Waals surface area contributed by atoms with E-state index in [1.165, 1.54) is 25.6 Å². The predicted molar refractivity (Wildman–Crippen MR) is 99.8 cm³/mol. The Hall–Kier alpha value is -2.86. The zero-order valence-corrected chi connectivity index (χ0v) is 15.0. The summed E-state index contributed by atoms with van der Waals surface area (Å²) >= 11 is 1.44. The minimum absolute atomic E-state index is 0.288. The van der Waals surface area contributed by atoms with Gasteiger partial charge in [-0.05, 0) is 19.1 Å². The number of ether oxygens (including phenoxy) is 2. The summed E-state index contributed by atoms with van der Waals surface area (Å²) in [6.45, 7) is 1.99. The Kier molecular flexibility index (Phi) is 5.00. The Bertz CT molecular complexity index is 891. The number of nitrogens with zero attached hydrogens (tertiary/aromatic N) is 1. The maximum Gasteiger partial charge on any atom is 0.261 e. The first-order chi connectivity index (χ1) is 12.1. The Balaban J connectivity index is 1.88. The first kappa shape index (κ1) is 17.0. The molecule has 2 aromatic carbocycles. The van der Waals surface area contributed by atoms with Crippen molar-refractivity contribution in [3.63, 3.8) is 0 Å². The molecule has 1 amide bonds. The molecule has 0 saturated carbocycles. The molecular weight excluding hydrogens is 336 g/mol. The van der Waals surface area contributed by atoms with Crippen LogP contribution in [-0.4, -0.2) is 25.1 Å². The standard InChI is InChI=1S/C19H18N2O3S/c1-12-16(13-8-5-4-6-9-13)20-19(25-12)21-18(22)14-10-7-11-15(23-2)17(14)24-3/h4-11H,1-3H3,(H,20,21,22). The minimum atomic E-state index is -0.288. The first-order valence-corrected chi connectivity index (χ1v) is 8.51. The number of amides is 1. The van der Waals surface area contributed by atoms with Gasteiger partial charge in [0.05, 0.1) is 25.5 Å². The topological polar surface area (TPSA) is 60.5 Å². The smallest absolute Gasteiger partial charge is 0.261 e. The van der Waals surface area contributed by atoms with Crippen LogP contribution < -0.4 is 14.8 Å². The van der Waals surface area contributed by atoms with Gasteiger partial charge in [-0.2, -0.15) is 0 Å². The lowest BCUT2D eigenvalue weighted by molar-refractivity contribution is 0.102. The lowest BCUT2D eigenvalue weighted by Crippen LogP contribution is -2.13. The molecule has 0 saturated heterocycles. The largest absolute Gasteiger partial charge is 0.493 e. The van der Waals surface area contributed by atoms with E-state index in [0.29, 0.717) is 22.2 Å². The number of methoxy groups -OCH3 is 2. The van der Waals surface area contributed by atoms with Crippen molar-refractivity contribution in [1.29, 1.82) is 0 Å². The van der Waals surface area contributed by atoms with Crippen LogP contribution in [0.3, 0.4) is 0 Å². The highest BCUT2D eigenvalue weighted by Crippen LogP contribution is 2.33. The molecule has 0 unspecified atom stereocenters. The van der Waals surface area contributed by atoms with Crippen molar-refractivity contribution in [1.82, 2.24) is 4.98 Å². The second-order valence-electron chi connectivity index (χ2n) is 5.29. The van der Waals surface area contributed by atoms with Crippen LogP contribution in [-0.2, 0) is 0 Å². The normalized spacial score (nSPS) is 10.4. The number of rotatable bonds is 5. The van der Waals surface area contributed by atoms with Crippen molar-refractivity contribution in [2.45, 2.75) is 6.92 Å². The quantitative estimate of drug-likeness (QED) is 0.738. The van der Waals surface area contributed by atoms with Crippen molar-refractivity contribution in [2.75, 3.05) is 19.5 Å². The molecule has 3 aromatic rings. The zero-order valence-electron chi connectivity index (χ0n) is 14.2. The Morgan fingerprint density at radius 2 is 1.80 bits per heavy atom. The molecule has 1 aromatic heterocycles. The zero-order chi connectivity index (χ0) is 17.8. The van der Waals surface area contributed by atoms with Crippen LogP contribution in [0.2, 0.25) is 0 Å². The number of benzene rings is 2. The summed E-state index contributed by atoms with van der Waals surface area (Å²) < 4.78 is 10.6. The van der Waals surface area contributed by atoms with E-state index in [1.54, 1.807) is 18.2 Å². The number of anilines is 1. The lowest BCUT2D eigenvalue weighted by Gasteiger charge is -2.11. The van der Waals surface area contributed by atoms with Crippen LogP contribution in [0.4, 0.5) is 5.13 Å². The molecule has 0 spiro atoms. The number of carbonyl (C=O) groups is 1. The van der Waals surface area contributed by atoms with Gasteiger partial charge in [0.2, 0.25) is 0 Å². The Morgan fingerprint density at radius 1 is 1.04 bits per heavy atom. The number of carbonyl (C=O) groups excluding carboxylic acids is 1. The van der Waals surface area contributed by atoms with E-state index in [-0.39, 0.29) is 5.91 Å². The third-order valence-electron chi connectivity index (χ3n) is 3.71. The van der Waals surface area contributed by atoms with E-state index >= 15 is 0 Å². The van der Waals surface area contributed by atoms with E-state index in [4.69, 9.17) is 9.47 Å². The molecule has 6 heteroatoms. The van der Waals surface area contributed by atoms with Gasteiger partial charge in [0.25, 0.3) is 5.91 Å². The summed E-state index contributed by atoms with van der Waals surface area (Å²) in [7, 11) is 3.05. The molecule has 0 radical (unpaired) electrons. The maximum absolute atomic E-state index is 12.6. The molecule has 0 bridgehead atoms. The molecular formula is C19H18N2O3S. The monoisotopic (exact) mass is 354 g/mol. The van der Waals surface area contributed by atoms with Gasteiger partial charge in [0.1, 0.15) is 0 Å². The summed E-state index contributed by atoms with van der Waals surface area (Å²) in [5.41, 5.74) is 2.30. The van der Waals surface area contributed by atoms with Crippen molar-refractivity contribution < 1.29 is 14.3 Å². The maximum atomic E-state index is 12.6. The average Bonchev–Trinajstić information content (AvgIpc) is 3.01. The fraction of sp³-hybridized carbons (Fsp3) is 0.158. The molecule has 0 aliphatic rings. The van der Waals surface area contributed by atoms with E-state index in [1.807, 2.05) is 37.3 Å². The van der Waals surface area contributed by atoms with Gasteiger partial charge in [0.15, 0.2) is 16.6 Å². The summed E-state index contributed by atoms with van der Waals surface area (Å²) in [5.74, 6) is 0.624. The second kappa shape index (κ2) is 7.36. The number of aryl methyl sites for hydroxylation is 1. The van der Waals surface area contributed by atoms with Gasteiger partial charge in [-0.25, -0.2) is 4.98 Å². The summed E-state index contributed by atoms with van der Waals surface area (Å²) in [6.07, 6.45) is 0. The summed E-state index contributed by atoms with van der Waals surface area (Å²) in [4.78, 5) is 18.2. The molecule has 0 aliphatic heterocycles. The van der Waals surface area contributed by atoms with Gasteiger partial charge >= 0.3 is 0 Å². The van der Waals surface area contributed by atoms with Gasteiger partial charge in [0, 0.05) is 10.4 Å². The van der Waals surface area contributed by atoms with E-state index in [2.05, 4.69) is 10.3 Å². The fourth-order valence-electron chi connectivity index (χ4n) is 2.54. The van der Waals surface area contributed by atoms with Crippen molar-refractivity contribution in [2.24, 2.45) is 0 Å². The number of para-hydroxylation sites is 1. The third kappa shape index (κ3) is 3.49. The molecule has 1 N–H and O–H groups in total. The molecule has 0 fully saturated rings. The number of nitrogens with one attached hydrogen (secondary N) is 1. The molecule has 0 aliphatic carbocycles. The SMILES string of the molecule is COc1cccc(C(=O)Nc2nc(-c3ccccc3)c(C)s2)c1OC. The predicted octanol–water partition coefficient (Wildman–Crippen LogP) is 4.39. The van der Waals surface area contributed by atoms with E-state index in [0.717, 1.165) is 16.1 Å². The van der Waals surface area contributed by atoms with E-state index < -0.39 is 0 Å². The molecule has 128 valence electrons. The van der Waals surface area contributed by atoms with Gasteiger partial charge < -0.3 is 9.47 Å². The molecule has 3 rings (SSSR count). The van der Waals surface area contributed by atoms with Gasteiger partial charge in [-0.3, -0.25) is 10.1 Å². The van der Waals surface area contributed by atoms with Crippen molar-refractivity contribution >= 4 is 22.4 Å². The lowest BCUT2D eigenvalue weighted by atomic mass is 10.1. The Labute approximate surface area is 150 Å². The van der Waals surface area contributed by atoms with Gasteiger partial charge in [-0.15, -0.1) is 11.3 Å². The molecule has 25 heavy (non-hydrogen) atoms. The van der Waals surface area contributed by atoms with Crippen molar-refractivity contribution in [3.05, 3.63) is 59.0 Å². The minimum Gasteiger partial charge on any atom is -0.493 e. The summed E-state index contributed by atoms with van der Waals surface area (Å²) in [6, 6.07) is 15.1. The average molecular weight is 354 g/mol. The number of hydrogen-bond donors (Lipinski definition) is 1. The molecule has 1 heterocycles. The molecule has 0 atom stereocenters. The number of thiazole rings is 1. The van der Waals surface area contributed by atoms with Crippen LogP contribution in [0.15, 0.2) is 48.5 Å². The highest BCUT2D eigenvalue weighted by atomic mass is 32.1. The fourth-order valence-corrected chi connectivity index (χ4v) is 3.37. The van der Waals surface area contributed by atoms with Crippen LogP contribution in [0.25, 0.3) is 11.3 Å². The highest BCUT2D eigenvalue weighted by Gasteiger charge is 2.18. The Morgan fingerprint density at radius 3 is 2.48 bits per heavy atom. The van der Waals surface area contributed by atoms with Crippen LogP contribution in [0, 0.1) is 6.92 Å². The number of aromatic nitrogens is 1. The van der Waals surface area contributed by atoms with E-state index in [9.17, 15) is 4.79 Å². The number of hydrogen-bond acceptors (Lipinski definition) is 5. The summed E-state index contributed by atoms with van der Waals surface area (Å²) in [5, 5.41) is 3.40. The van der Waals surface area contributed by atoms with Crippen LogP contribution >= 0.6 is 11.3 Å². The molecule has 5 nitrogen and oxygen atoms in total. The third-order valence-corrected chi connectivity index (χ3v) is 4.60. The first-order valence-electron chi connectivity index (χ1n) is 7.69. The van der Waals surface area contributed by atoms with Crippen molar-refractivity contribution in [3.8, 4) is 22.8 Å². The van der Waals surface area contributed by atoms with Crippen LogP contribution in [0.1, 0.15) is 15.2 Å². The van der Waals surface area contributed by atoms with Gasteiger partial charge in [-0.1, -0.05) is 36.4 Å². The van der Waals surface area contributed by atoms with Crippen LogP contribution in [0.5, 0.6) is 11.5 Å².